The van der Waals surface area contributed by atoms with Crippen molar-refractivity contribution in [2.24, 2.45) is 0 Å². The van der Waals surface area contributed by atoms with Crippen LogP contribution in [0, 0.1) is 0 Å². The van der Waals surface area contributed by atoms with E-state index in [-0.39, 0.29) is 0 Å². The van der Waals surface area contributed by atoms with Crippen LogP contribution in [0.5, 0.6) is 5.75 Å². The number of aromatic nitrogens is 2. The van der Waals surface area contributed by atoms with Crippen molar-refractivity contribution in [2.45, 2.75) is 38.4 Å². The van der Waals surface area contributed by atoms with Crippen LogP contribution in [0.1, 0.15) is 29.7 Å². The molecule has 1 aromatic carbocycles. The summed E-state index contributed by atoms with van der Waals surface area (Å²) in [6.45, 7) is 2.32. The number of nitrogens with one attached hydrogen (secondary N) is 1. The van der Waals surface area contributed by atoms with Crippen molar-refractivity contribution in [2.75, 3.05) is 6.61 Å². The molecule has 1 aliphatic carbocycles. The number of nitrogens with zero attached hydrogens (tertiary/aromatic N) is 2. The summed E-state index contributed by atoms with van der Waals surface area (Å²) < 4.78 is 7.80. The average Bonchev–Trinajstić information content (AvgIpc) is 2.99. The third-order valence-electron chi connectivity index (χ3n) is 4.10. The van der Waals surface area contributed by atoms with E-state index < -0.39 is 0 Å². The fourth-order valence-corrected chi connectivity index (χ4v) is 3.08. The summed E-state index contributed by atoms with van der Waals surface area (Å²) in [4.78, 5) is 0. The predicted molar refractivity (Wildman–Crippen MR) is 81.8 cm³/mol. The molecule has 0 spiro atoms. The van der Waals surface area contributed by atoms with Crippen molar-refractivity contribution < 1.29 is 4.74 Å². The van der Waals surface area contributed by atoms with Gasteiger partial charge in [0.05, 0.1) is 18.8 Å². The highest BCUT2D eigenvalue weighted by atomic mass is 35.5. The summed E-state index contributed by atoms with van der Waals surface area (Å²) in [7, 11) is 0. The van der Waals surface area contributed by atoms with E-state index in [4.69, 9.17) is 16.3 Å². The lowest BCUT2D eigenvalue weighted by Crippen LogP contribution is -2.19. The SMILES string of the molecule is Clc1cc2c(c(Cn3nccc3CNC3CC3)c1)OCC2. The quantitative estimate of drug-likeness (QED) is 0.923. The Kier molecular flexibility index (Phi) is 3.36. The minimum Gasteiger partial charge on any atom is -0.493 e. The molecule has 110 valence electrons. The molecule has 21 heavy (non-hydrogen) atoms. The topological polar surface area (TPSA) is 39.1 Å². The van der Waals surface area contributed by atoms with Crippen molar-refractivity contribution in [3.8, 4) is 5.75 Å². The van der Waals surface area contributed by atoms with Crippen LogP contribution in [-0.2, 0) is 19.5 Å². The molecule has 0 saturated heterocycles. The van der Waals surface area contributed by atoms with E-state index in [0.29, 0.717) is 12.6 Å². The Balaban J connectivity index is 1.57. The zero-order valence-electron chi connectivity index (χ0n) is 11.8. The zero-order chi connectivity index (χ0) is 14.2. The summed E-state index contributed by atoms with van der Waals surface area (Å²) in [6.07, 6.45) is 5.39. The molecular formula is C16H18ClN3O. The van der Waals surface area contributed by atoms with E-state index in [2.05, 4.69) is 16.5 Å². The van der Waals surface area contributed by atoms with Crippen LogP contribution >= 0.6 is 11.6 Å². The smallest absolute Gasteiger partial charge is 0.127 e. The first kappa shape index (κ1) is 13.2. The molecular weight excluding hydrogens is 286 g/mol. The first-order valence-electron chi connectivity index (χ1n) is 7.48. The van der Waals surface area contributed by atoms with E-state index in [0.717, 1.165) is 35.9 Å². The lowest BCUT2D eigenvalue weighted by molar-refractivity contribution is 0.352. The van der Waals surface area contributed by atoms with Gasteiger partial charge >= 0.3 is 0 Å². The monoisotopic (exact) mass is 303 g/mol. The molecule has 0 atom stereocenters. The number of fused-ring (bicyclic) bond motifs is 1. The van der Waals surface area contributed by atoms with Gasteiger partial charge in [-0.1, -0.05) is 11.6 Å². The second-order valence-corrected chi connectivity index (χ2v) is 6.22. The summed E-state index contributed by atoms with van der Waals surface area (Å²) >= 11 is 6.22. The molecule has 5 heteroatoms. The van der Waals surface area contributed by atoms with E-state index >= 15 is 0 Å². The van der Waals surface area contributed by atoms with E-state index in [1.54, 1.807) is 0 Å². The van der Waals surface area contributed by atoms with Crippen LogP contribution in [-0.4, -0.2) is 22.4 Å². The molecule has 2 heterocycles. The van der Waals surface area contributed by atoms with Gasteiger partial charge in [0.15, 0.2) is 0 Å². The van der Waals surface area contributed by atoms with Crippen LogP contribution < -0.4 is 10.1 Å². The Morgan fingerprint density at radius 3 is 3.14 bits per heavy atom. The van der Waals surface area contributed by atoms with Crippen LogP contribution in [0.2, 0.25) is 5.02 Å². The van der Waals surface area contributed by atoms with Crippen molar-refractivity contribution >= 4 is 11.6 Å². The Labute approximate surface area is 129 Å². The van der Waals surface area contributed by atoms with Gasteiger partial charge in [0, 0.05) is 35.8 Å². The normalized spacial score (nSPS) is 16.8. The fraction of sp³-hybridized carbons (Fsp3) is 0.438. The van der Waals surface area contributed by atoms with Gasteiger partial charge in [-0.05, 0) is 36.6 Å². The van der Waals surface area contributed by atoms with Crippen molar-refractivity contribution in [1.29, 1.82) is 0 Å². The van der Waals surface area contributed by atoms with Gasteiger partial charge in [-0.15, -0.1) is 0 Å². The van der Waals surface area contributed by atoms with Crippen LogP contribution in [0.4, 0.5) is 0 Å². The van der Waals surface area contributed by atoms with Crippen molar-refractivity contribution in [3.63, 3.8) is 0 Å². The zero-order valence-corrected chi connectivity index (χ0v) is 12.6. The summed E-state index contributed by atoms with van der Waals surface area (Å²) in [5, 5.41) is 8.75. The molecule has 2 aliphatic rings. The van der Waals surface area contributed by atoms with Gasteiger partial charge in [-0.3, -0.25) is 4.68 Å². The lowest BCUT2D eigenvalue weighted by atomic mass is 10.1. The first-order valence-corrected chi connectivity index (χ1v) is 7.85. The molecule has 0 radical (unpaired) electrons. The first-order chi connectivity index (χ1) is 10.3. The van der Waals surface area contributed by atoms with Gasteiger partial charge in [0.1, 0.15) is 5.75 Å². The Bertz CT molecular complexity index is 664. The van der Waals surface area contributed by atoms with Crippen LogP contribution in [0.3, 0.4) is 0 Å². The molecule has 1 saturated carbocycles. The molecule has 4 rings (SSSR count). The summed E-state index contributed by atoms with van der Waals surface area (Å²) in [5.74, 6) is 0.996. The number of halogens is 1. The lowest BCUT2D eigenvalue weighted by Gasteiger charge is -2.12. The number of hydrogen-bond acceptors (Lipinski definition) is 3. The molecule has 0 bridgehead atoms. The maximum atomic E-state index is 6.22. The molecule has 2 aromatic rings. The maximum Gasteiger partial charge on any atom is 0.127 e. The third-order valence-corrected chi connectivity index (χ3v) is 4.32. The molecule has 4 nitrogen and oxygen atoms in total. The number of hydrogen-bond donors (Lipinski definition) is 1. The van der Waals surface area contributed by atoms with Gasteiger partial charge in [0.25, 0.3) is 0 Å². The highest BCUT2D eigenvalue weighted by Crippen LogP contribution is 2.33. The largest absolute Gasteiger partial charge is 0.493 e. The summed E-state index contributed by atoms with van der Waals surface area (Å²) in [5.41, 5.74) is 3.53. The second kappa shape index (κ2) is 5.35. The fourth-order valence-electron chi connectivity index (χ4n) is 2.81. The molecule has 1 aromatic heterocycles. The van der Waals surface area contributed by atoms with E-state index in [9.17, 15) is 0 Å². The number of ether oxygens (including phenoxy) is 1. The molecule has 1 aliphatic heterocycles. The van der Waals surface area contributed by atoms with Crippen molar-refractivity contribution in [1.82, 2.24) is 15.1 Å². The standard InChI is InChI=1S/C16H18ClN3O/c17-13-7-11-4-6-21-16(11)12(8-13)10-20-15(3-5-19-20)9-18-14-1-2-14/h3,5,7-8,14,18H,1-2,4,6,9-10H2. The second-order valence-electron chi connectivity index (χ2n) is 5.79. The van der Waals surface area contributed by atoms with Crippen molar-refractivity contribution in [3.05, 3.63) is 46.2 Å². The maximum absolute atomic E-state index is 6.22. The minimum atomic E-state index is 0.701. The highest BCUT2D eigenvalue weighted by Gasteiger charge is 2.21. The Morgan fingerprint density at radius 1 is 1.38 bits per heavy atom. The number of benzene rings is 1. The molecule has 0 unspecified atom stereocenters. The van der Waals surface area contributed by atoms with Gasteiger partial charge in [-0.2, -0.15) is 5.10 Å². The Morgan fingerprint density at radius 2 is 2.29 bits per heavy atom. The van der Waals surface area contributed by atoms with Gasteiger partial charge in [0.2, 0.25) is 0 Å². The molecule has 1 fully saturated rings. The molecule has 0 amide bonds. The third kappa shape index (κ3) is 2.78. The van der Waals surface area contributed by atoms with E-state index in [1.165, 1.54) is 24.1 Å². The number of rotatable bonds is 5. The van der Waals surface area contributed by atoms with E-state index in [1.807, 2.05) is 23.0 Å². The molecule has 1 N–H and O–H groups in total. The van der Waals surface area contributed by atoms with Crippen LogP contribution in [0.25, 0.3) is 0 Å². The predicted octanol–water partition coefficient (Wildman–Crippen LogP) is 2.77. The Hall–Kier alpha value is -1.52. The summed E-state index contributed by atoms with van der Waals surface area (Å²) in [6, 6.07) is 6.77. The van der Waals surface area contributed by atoms with Gasteiger partial charge in [-0.25, -0.2) is 0 Å². The highest BCUT2D eigenvalue weighted by molar-refractivity contribution is 6.30. The minimum absolute atomic E-state index is 0.701. The average molecular weight is 304 g/mol. The van der Waals surface area contributed by atoms with Gasteiger partial charge < -0.3 is 10.1 Å². The van der Waals surface area contributed by atoms with Crippen LogP contribution in [0.15, 0.2) is 24.4 Å².